The number of benzene rings is 1. The molecule has 0 radical (unpaired) electrons. The van der Waals surface area contributed by atoms with Crippen molar-refractivity contribution in [2.24, 2.45) is 0 Å². The maximum absolute atomic E-state index is 12.3. The summed E-state index contributed by atoms with van der Waals surface area (Å²) in [6, 6.07) is 8.60. The van der Waals surface area contributed by atoms with Crippen LogP contribution in [0.4, 0.5) is 11.5 Å². The van der Waals surface area contributed by atoms with Crippen LogP contribution in [-0.2, 0) is 14.3 Å². The van der Waals surface area contributed by atoms with E-state index in [1.165, 1.54) is 13.1 Å². The number of amides is 1. The number of esters is 1. The molecule has 2 heterocycles. The second kappa shape index (κ2) is 9.03. The third-order valence-corrected chi connectivity index (χ3v) is 4.66. The average molecular weight is 404 g/mol. The second-order valence-corrected chi connectivity index (χ2v) is 6.94. The molecular weight excluding hydrogens is 382 g/mol. The Kier molecular flexibility index (Phi) is 6.49. The minimum atomic E-state index is -0.968. The minimum absolute atomic E-state index is 0.288. The van der Waals surface area contributed by atoms with Gasteiger partial charge in [-0.25, -0.2) is 9.78 Å². The summed E-state index contributed by atoms with van der Waals surface area (Å²) in [5, 5.41) is 3.24. The highest BCUT2D eigenvalue weighted by atomic mass is 35.5. The summed E-state index contributed by atoms with van der Waals surface area (Å²) < 4.78 is 10.6. The minimum Gasteiger partial charge on any atom is -0.449 e. The predicted molar refractivity (Wildman–Crippen MR) is 107 cm³/mol. The van der Waals surface area contributed by atoms with Gasteiger partial charge in [0.1, 0.15) is 5.82 Å². The number of nitrogens with one attached hydrogen (secondary N) is 1. The Balaban J connectivity index is 1.58. The van der Waals surface area contributed by atoms with E-state index in [2.05, 4.69) is 15.2 Å². The fraction of sp³-hybridized carbons (Fsp3) is 0.350. The summed E-state index contributed by atoms with van der Waals surface area (Å²) in [5.41, 5.74) is 1.73. The molecule has 1 aliphatic rings. The molecule has 0 saturated carbocycles. The zero-order valence-corrected chi connectivity index (χ0v) is 16.5. The molecule has 0 unspecified atom stereocenters. The van der Waals surface area contributed by atoms with Gasteiger partial charge in [0.25, 0.3) is 5.91 Å². The summed E-state index contributed by atoms with van der Waals surface area (Å²) in [5.74, 6) is -0.259. The Hall–Kier alpha value is -2.64. The number of pyridine rings is 1. The van der Waals surface area contributed by atoms with Gasteiger partial charge in [-0.3, -0.25) is 4.79 Å². The molecule has 1 aromatic heterocycles. The summed E-state index contributed by atoms with van der Waals surface area (Å²) >= 11 is 5.96. The van der Waals surface area contributed by atoms with Crippen molar-refractivity contribution < 1.29 is 19.1 Å². The largest absolute Gasteiger partial charge is 0.449 e. The molecule has 1 atom stereocenters. The maximum atomic E-state index is 12.3. The molecule has 3 rings (SSSR count). The van der Waals surface area contributed by atoms with Crippen LogP contribution in [0.5, 0.6) is 0 Å². The Labute approximate surface area is 168 Å². The van der Waals surface area contributed by atoms with Crippen LogP contribution in [0.3, 0.4) is 0 Å². The lowest BCUT2D eigenvalue weighted by molar-refractivity contribution is -0.123. The molecular formula is C20H22ClN3O4. The molecule has 7 nitrogen and oxygen atoms in total. The van der Waals surface area contributed by atoms with Crippen molar-refractivity contribution in [2.75, 3.05) is 36.5 Å². The SMILES string of the molecule is Cc1ccc(Cl)cc1NC(=O)[C@@H](C)OC(=O)c1ccc(N2CCOCC2)nc1. The fourth-order valence-corrected chi connectivity index (χ4v) is 2.90. The molecule has 2 aromatic rings. The van der Waals surface area contributed by atoms with E-state index >= 15 is 0 Å². The molecule has 1 fully saturated rings. The molecule has 8 heteroatoms. The van der Waals surface area contributed by atoms with Crippen molar-refractivity contribution in [3.05, 3.63) is 52.7 Å². The molecule has 0 spiro atoms. The second-order valence-electron chi connectivity index (χ2n) is 6.50. The summed E-state index contributed by atoms with van der Waals surface area (Å²) in [7, 11) is 0. The molecule has 0 aliphatic carbocycles. The number of morpholine rings is 1. The quantitative estimate of drug-likeness (QED) is 0.773. The number of aromatic nitrogens is 1. The lowest BCUT2D eigenvalue weighted by Crippen LogP contribution is -2.36. The van der Waals surface area contributed by atoms with Crippen molar-refractivity contribution in [3.8, 4) is 0 Å². The zero-order valence-electron chi connectivity index (χ0n) is 15.8. The van der Waals surface area contributed by atoms with Gasteiger partial charge < -0.3 is 19.7 Å². The van der Waals surface area contributed by atoms with E-state index in [1.54, 1.807) is 30.3 Å². The maximum Gasteiger partial charge on any atom is 0.340 e. The zero-order chi connectivity index (χ0) is 20.1. The van der Waals surface area contributed by atoms with Gasteiger partial charge in [0, 0.05) is 30.0 Å². The van der Waals surface area contributed by atoms with Gasteiger partial charge in [0.15, 0.2) is 6.10 Å². The highest BCUT2D eigenvalue weighted by Crippen LogP contribution is 2.20. The van der Waals surface area contributed by atoms with E-state index in [0.717, 1.165) is 24.5 Å². The number of halogens is 1. The van der Waals surface area contributed by atoms with Crippen LogP contribution in [0.1, 0.15) is 22.8 Å². The van der Waals surface area contributed by atoms with E-state index in [-0.39, 0.29) is 5.56 Å². The van der Waals surface area contributed by atoms with Gasteiger partial charge in [-0.2, -0.15) is 0 Å². The predicted octanol–water partition coefficient (Wildman–Crippen LogP) is 3.06. The Morgan fingerprint density at radius 3 is 2.68 bits per heavy atom. The number of rotatable bonds is 5. The van der Waals surface area contributed by atoms with E-state index in [9.17, 15) is 9.59 Å². The van der Waals surface area contributed by atoms with Crippen LogP contribution >= 0.6 is 11.6 Å². The third-order valence-electron chi connectivity index (χ3n) is 4.43. The van der Waals surface area contributed by atoms with Crippen LogP contribution in [0, 0.1) is 6.92 Å². The summed E-state index contributed by atoms with van der Waals surface area (Å²) in [4.78, 5) is 31.1. The first-order chi connectivity index (χ1) is 13.4. The first-order valence-electron chi connectivity index (χ1n) is 9.01. The van der Waals surface area contributed by atoms with Crippen molar-refractivity contribution in [1.29, 1.82) is 0 Å². The van der Waals surface area contributed by atoms with Crippen molar-refractivity contribution in [1.82, 2.24) is 4.98 Å². The molecule has 1 N–H and O–H groups in total. The van der Waals surface area contributed by atoms with Gasteiger partial charge in [0.2, 0.25) is 0 Å². The van der Waals surface area contributed by atoms with Crippen molar-refractivity contribution >= 4 is 35.0 Å². The lowest BCUT2D eigenvalue weighted by atomic mass is 10.2. The van der Waals surface area contributed by atoms with E-state index < -0.39 is 18.0 Å². The first kappa shape index (κ1) is 20.1. The molecule has 28 heavy (non-hydrogen) atoms. The number of carbonyl (C=O) groups is 2. The first-order valence-corrected chi connectivity index (χ1v) is 9.38. The standard InChI is InChI=1S/C20H22ClN3O4/c1-13-3-5-16(21)11-17(13)23-19(25)14(2)28-20(26)15-4-6-18(22-12-15)24-7-9-27-10-8-24/h3-6,11-12,14H,7-10H2,1-2H3,(H,23,25)/t14-/m1/s1. The van der Waals surface area contributed by atoms with Gasteiger partial charge in [-0.15, -0.1) is 0 Å². The number of carbonyl (C=O) groups excluding carboxylic acids is 2. The monoisotopic (exact) mass is 403 g/mol. The smallest absolute Gasteiger partial charge is 0.340 e. The van der Waals surface area contributed by atoms with Crippen LogP contribution in [-0.4, -0.2) is 49.3 Å². The van der Waals surface area contributed by atoms with Crippen molar-refractivity contribution in [2.45, 2.75) is 20.0 Å². The molecule has 0 bridgehead atoms. The molecule has 1 aromatic carbocycles. The Bertz CT molecular complexity index is 851. The summed E-state index contributed by atoms with van der Waals surface area (Å²) in [6.45, 7) is 6.20. The normalized spacial score (nSPS) is 15.0. The molecule has 1 saturated heterocycles. The number of hydrogen-bond acceptors (Lipinski definition) is 6. The Morgan fingerprint density at radius 2 is 2.00 bits per heavy atom. The topological polar surface area (TPSA) is 80.8 Å². The van der Waals surface area contributed by atoms with Crippen LogP contribution in [0.25, 0.3) is 0 Å². The molecule has 148 valence electrons. The number of hydrogen-bond donors (Lipinski definition) is 1. The van der Waals surface area contributed by atoms with Gasteiger partial charge in [-0.05, 0) is 43.7 Å². The van der Waals surface area contributed by atoms with E-state index in [0.29, 0.717) is 23.9 Å². The average Bonchev–Trinajstić information content (AvgIpc) is 2.71. The van der Waals surface area contributed by atoms with Gasteiger partial charge in [0.05, 0.1) is 18.8 Å². The van der Waals surface area contributed by atoms with E-state index in [4.69, 9.17) is 21.1 Å². The molecule has 1 aliphatic heterocycles. The molecule has 1 amide bonds. The van der Waals surface area contributed by atoms with Crippen LogP contribution < -0.4 is 10.2 Å². The Morgan fingerprint density at radius 1 is 1.25 bits per heavy atom. The van der Waals surface area contributed by atoms with Gasteiger partial charge in [-0.1, -0.05) is 17.7 Å². The lowest BCUT2D eigenvalue weighted by Gasteiger charge is -2.27. The van der Waals surface area contributed by atoms with E-state index in [1.807, 2.05) is 6.92 Å². The van der Waals surface area contributed by atoms with Crippen molar-refractivity contribution in [3.63, 3.8) is 0 Å². The van der Waals surface area contributed by atoms with Gasteiger partial charge >= 0.3 is 5.97 Å². The van der Waals surface area contributed by atoms with Crippen LogP contribution in [0.2, 0.25) is 5.02 Å². The summed E-state index contributed by atoms with van der Waals surface area (Å²) in [6.07, 6.45) is 0.489. The number of aryl methyl sites for hydroxylation is 1. The number of anilines is 2. The highest BCUT2D eigenvalue weighted by Gasteiger charge is 2.20. The number of ether oxygens (including phenoxy) is 2. The fourth-order valence-electron chi connectivity index (χ4n) is 2.73. The highest BCUT2D eigenvalue weighted by molar-refractivity contribution is 6.31. The van der Waals surface area contributed by atoms with Crippen LogP contribution in [0.15, 0.2) is 36.5 Å². The number of nitrogens with zero attached hydrogens (tertiary/aromatic N) is 2. The third kappa shape index (κ3) is 4.99.